The third kappa shape index (κ3) is 5.35. The number of benzene rings is 2. The van der Waals surface area contributed by atoms with E-state index in [1.807, 2.05) is 37.3 Å². The quantitative estimate of drug-likeness (QED) is 0.445. The Balaban J connectivity index is 1.62. The van der Waals surface area contributed by atoms with Gasteiger partial charge in [0.1, 0.15) is 19.0 Å². The molecule has 0 bridgehead atoms. The van der Waals surface area contributed by atoms with Crippen molar-refractivity contribution in [2.75, 3.05) is 20.3 Å². The Morgan fingerprint density at radius 2 is 1.67 bits per heavy atom. The highest BCUT2D eigenvalue weighted by Gasteiger charge is 2.43. The second kappa shape index (κ2) is 10.4. The molecule has 2 aliphatic rings. The smallest absolute Gasteiger partial charge is 0.337 e. The van der Waals surface area contributed by atoms with Gasteiger partial charge in [0.25, 0.3) is 0 Å². The van der Waals surface area contributed by atoms with Crippen molar-refractivity contribution in [3.8, 4) is 5.75 Å². The maximum Gasteiger partial charge on any atom is 0.337 e. The van der Waals surface area contributed by atoms with Gasteiger partial charge in [-0.3, -0.25) is 4.79 Å². The number of hydrogen-bond acceptors (Lipinski definition) is 7. The molecule has 0 fully saturated rings. The number of Topliss-reactive ketones (excluding diaryl/α,β-unsaturated/α-hetero) is 1. The van der Waals surface area contributed by atoms with Crippen molar-refractivity contribution in [1.82, 2.24) is 5.32 Å². The van der Waals surface area contributed by atoms with Gasteiger partial charge in [-0.2, -0.15) is 0 Å². The number of ketones is 1. The number of carbonyl (C=O) groups is 3. The van der Waals surface area contributed by atoms with Crippen LogP contribution in [0.3, 0.4) is 0 Å². The van der Waals surface area contributed by atoms with Crippen LogP contribution in [0.25, 0.3) is 0 Å². The van der Waals surface area contributed by atoms with E-state index in [-0.39, 0.29) is 24.4 Å². The maximum atomic E-state index is 13.4. The van der Waals surface area contributed by atoms with Crippen LogP contribution >= 0.6 is 0 Å². The zero-order valence-electron chi connectivity index (χ0n) is 21.1. The van der Waals surface area contributed by atoms with E-state index in [2.05, 4.69) is 19.2 Å². The fourth-order valence-corrected chi connectivity index (χ4v) is 4.86. The second-order valence-corrected chi connectivity index (χ2v) is 9.84. The number of para-hydroxylation sites is 1. The van der Waals surface area contributed by atoms with E-state index in [1.165, 1.54) is 7.11 Å². The lowest BCUT2D eigenvalue weighted by atomic mass is 9.68. The molecule has 2 aromatic rings. The summed E-state index contributed by atoms with van der Waals surface area (Å²) in [5.41, 5.74) is 3.38. The van der Waals surface area contributed by atoms with Gasteiger partial charge < -0.3 is 19.5 Å². The number of carbonyl (C=O) groups excluding carboxylic acids is 3. The summed E-state index contributed by atoms with van der Waals surface area (Å²) in [4.78, 5) is 38.7. The molecule has 1 aliphatic heterocycles. The van der Waals surface area contributed by atoms with E-state index < -0.39 is 17.9 Å². The summed E-state index contributed by atoms with van der Waals surface area (Å²) >= 11 is 0. The molecule has 0 aromatic heterocycles. The summed E-state index contributed by atoms with van der Waals surface area (Å²) in [6.45, 7) is 6.21. The van der Waals surface area contributed by atoms with Crippen LogP contribution in [0.15, 0.2) is 77.1 Å². The van der Waals surface area contributed by atoms with Gasteiger partial charge in [0.15, 0.2) is 5.78 Å². The Kier molecular flexibility index (Phi) is 7.29. The van der Waals surface area contributed by atoms with Crippen molar-refractivity contribution in [1.29, 1.82) is 0 Å². The lowest BCUT2D eigenvalue weighted by Gasteiger charge is -2.39. The standard InChI is InChI=1S/C29H31NO6/c1-18-24(28(33)36-15-14-35-21-8-6-5-7-9-21)25(19-10-12-20(13-11-19)27(32)34-4)26-22(30-18)16-29(2,3)17-23(26)31/h5-13,25,30H,14-17H2,1-4H3. The van der Waals surface area contributed by atoms with Crippen molar-refractivity contribution in [2.45, 2.75) is 39.5 Å². The number of esters is 2. The first kappa shape index (κ1) is 25.2. The molecule has 188 valence electrons. The number of allylic oxidation sites excluding steroid dienone is 3. The molecular formula is C29H31NO6. The minimum absolute atomic E-state index is 0.000931. The van der Waals surface area contributed by atoms with Crippen LogP contribution in [0.4, 0.5) is 0 Å². The Morgan fingerprint density at radius 3 is 2.33 bits per heavy atom. The second-order valence-electron chi connectivity index (χ2n) is 9.84. The average Bonchev–Trinajstić information content (AvgIpc) is 2.85. The molecular weight excluding hydrogens is 458 g/mol. The van der Waals surface area contributed by atoms with Crippen LogP contribution in [0.1, 0.15) is 55.5 Å². The van der Waals surface area contributed by atoms with Crippen LogP contribution in [0.5, 0.6) is 5.75 Å². The fourth-order valence-electron chi connectivity index (χ4n) is 4.86. The van der Waals surface area contributed by atoms with E-state index in [1.54, 1.807) is 24.3 Å². The first-order valence-electron chi connectivity index (χ1n) is 12.0. The van der Waals surface area contributed by atoms with Gasteiger partial charge in [-0.05, 0) is 48.6 Å². The molecule has 2 aromatic carbocycles. The van der Waals surface area contributed by atoms with Crippen LogP contribution in [-0.4, -0.2) is 38.0 Å². The van der Waals surface area contributed by atoms with Gasteiger partial charge in [-0.25, -0.2) is 9.59 Å². The van der Waals surface area contributed by atoms with Crippen molar-refractivity contribution < 1.29 is 28.6 Å². The highest BCUT2D eigenvalue weighted by molar-refractivity contribution is 6.04. The molecule has 4 rings (SSSR count). The van der Waals surface area contributed by atoms with Crippen molar-refractivity contribution in [3.63, 3.8) is 0 Å². The molecule has 0 radical (unpaired) electrons. The summed E-state index contributed by atoms with van der Waals surface area (Å²) in [6, 6.07) is 16.1. The molecule has 7 nitrogen and oxygen atoms in total. The Hall–Kier alpha value is -3.87. The Bertz CT molecular complexity index is 1220. The zero-order valence-corrected chi connectivity index (χ0v) is 21.1. The molecule has 0 amide bonds. The Labute approximate surface area is 211 Å². The Morgan fingerprint density at radius 1 is 0.972 bits per heavy atom. The molecule has 1 N–H and O–H groups in total. The summed E-state index contributed by atoms with van der Waals surface area (Å²) in [5.74, 6) is -0.868. The summed E-state index contributed by atoms with van der Waals surface area (Å²) in [6.07, 6.45) is 1.08. The van der Waals surface area contributed by atoms with Crippen molar-refractivity contribution in [2.24, 2.45) is 5.41 Å². The van der Waals surface area contributed by atoms with Gasteiger partial charge in [0.05, 0.1) is 18.2 Å². The summed E-state index contributed by atoms with van der Waals surface area (Å²) in [5, 5.41) is 3.32. The van der Waals surface area contributed by atoms with Crippen molar-refractivity contribution >= 4 is 17.7 Å². The molecule has 0 saturated carbocycles. The predicted octanol–water partition coefficient (Wildman–Crippen LogP) is 4.70. The lowest BCUT2D eigenvalue weighted by molar-refractivity contribution is -0.140. The monoisotopic (exact) mass is 489 g/mol. The van der Waals surface area contributed by atoms with Gasteiger partial charge in [0.2, 0.25) is 0 Å². The third-order valence-electron chi connectivity index (χ3n) is 6.45. The minimum Gasteiger partial charge on any atom is -0.490 e. The molecule has 1 unspecified atom stereocenters. The van der Waals surface area contributed by atoms with E-state index in [9.17, 15) is 14.4 Å². The lowest BCUT2D eigenvalue weighted by Crippen LogP contribution is -2.38. The van der Waals surface area contributed by atoms with E-state index in [0.29, 0.717) is 41.0 Å². The molecule has 36 heavy (non-hydrogen) atoms. The minimum atomic E-state index is -0.598. The molecule has 1 aliphatic carbocycles. The molecule has 7 heteroatoms. The number of methoxy groups -OCH3 is 1. The highest BCUT2D eigenvalue weighted by atomic mass is 16.6. The third-order valence-corrected chi connectivity index (χ3v) is 6.45. The van der Waals surface area contributed by atoms with Crippen LogP contribution in [0.2, 0.25) is 0 Å². The van der Waals surface area contributed by atoms with Gasteiger partial charge in [-0.1, -0.05) is 44.2 Å². The number of dihydropyridines is 1. The first-order chi connectivity index (χ1) is 17.2. The number of rotatable bonds is 7. The van der Waals surface area contributed by atoms with Gasteiger partial charge in [0, 0.05) is 29.3 Å². The van der Waals surface area contributed by atoms with Crippen LogP contribution in [-0.2, 0) is 19.1 Å². The average molecular weight is 490 g/mol. The van der Waals surface area contributed by atoms with Gasteiger partial charge >= 0.3 is 11.9 Å². The normalized spacial score (nSPS) is 18.8. The van der Waals surface area contributed by atoms with E-state index in [4.69, 9.17) is 14.2 Å². The highest BCUT2D eigenvalue weighted by Crippen LogP contribution is 2.46. The molecule has 1 atom stereocenters. The van der Waals surface area contributed by atoms with Gasteiger partial charge in [-0.15, -0.1) is 0 Å². The summed E-state index contributed by atoms with van der Waals surface area (Å²) in [7, 11) is 1.32. The van der Waals surface area contributed by atoms with Crippen molar-refractivity contribution in [3.05, 3.63) is 88.3 Å². The number of hydrogen-bond donors (Lipinski definition) is 1. The maximum absolute atomic E-state index is 13.4. The number of ether oxygens (including phenoxy) is 3. The molecule has 1 heterocycles. The largest absolute Gasteiger partial charge is 0.490 e. The van der Waals surface area contributed by atoms with E-state index in [0.717, 1.165) is 11.3 Å². The molecule has 0 spiro atoms. The summed E-state index contributed by atoms with van der Waals surface area (Å²) < 4.78 is 16.0. The number of nitrogens with one attached hydrogen (secondary N) is 1. The predicted molar refractivity (Wildman–Crippen MR) is 134 cm³/mol. The molecule has 0 saturated heterocycles. The topological polar surface area (TPSA) is 90.9 Å². The zero-order chi connectivity index (χ0) is 25.9. The van der Waals surface area contributed by atoms with Crippen LogP contribution < -0.4 is 10.1 Å². The fraction of sp³-hybridized carbons (Fsp3) is 0.345. The first-order valence-corrected chi connectivity index (χ1v) is 12.0. The SMILES string of the molecule is COC(=O)c1ccc(C2C(C(=O)OCCOc3ccccc3)=C(C)NC3=C2C(=O)CC(C)(C)C3)cc1. The van der Waals surface area contributed by atoms with E-state index >= 15 is 0 Å². The van der Waals surface area contributed by atoms with Crippen LogP contribution in [0, 0.1) is 5.41 Å².